The van der Waals surface area contributed by atoms with Crippen LogP contribution in [0.3, 0.4) is 0 Å². The van der Waals surface area contributed by atoms with Gasteiger partial charge in [0.05, 0.1) is 0 Å². The van der Waals surface area contributed by atoms with Crippen LogP contribution in [0.5, 0.6) is 0 Å². The molecular weight excluding hydrogens is 339 g/mol. The molecule has 0 aliphatic rings. The van der Waals surface area contributed by atoms with E-state index in [-0.39, 0.29) is 18.9 Å². The normalized spacial score (nSPS) is 11.0. The number of amides is 2. The second-order valence-electron chi connectivity index (χ2n) is 6.01. The summed E-state index contributed by atoms with van der Waals surface area (Å²) in [5.74, 6) is -0.147. The van der Waals surface area contributed by atoms with Crippen molar-refractivity contribution >= 4 is 35.2 Å². The number of carbonyl (C=O) groups excluding carboxylic acids is 2. The lowest BCUT2D eigenvalue weighted by molar-refractivity contribution is -0.120. The molecule has 0 saturated carbocycles. The van der Waals surface area contributed by atoms with Crippen LogP contribution in [0.2, 0.25) is 10.0 Å². The minimum Gasteiger partial charge on any atom is -0.444 e. The molecule has 0 aromatic heterocycles. The van der Waals surface area contributed by atoms with Crippen molar-refractivity contribution in [2.45, 2.75) is 39.2 Å². The highest BCUT2D eigenvalue weighted by Crippen LogP contribution is 2.21. The molecule has 1 aromatic carbocycles. The molecule has 23 heavy (non-hydrogen) atoms. The summed E-state index contributed by atoms with van der Waals surface area (Å²) in [6.07, 6.45) is 0.271. The van der Waals surface area contributed by atoms with Gasteiger partial charge in [0.25, 0.3) is 0 Å². The first-order valence-electron chi connectivity index (χ1n) is 7.35. The first-order chi connectivity index (χ1) is 10.7. The van der Waals surface area contributed by atoms with Crippen LogP contribution in [-0.4, -0.2) is 30.7 Å². The number of nitrogens with one attached hydrogen (secondary N) is 2. The van der Waals surface area contributed by atoms with Crippen LogP contribution in [0.15, 0.2) is 18.2 Å². The number of benzene rings is 1. The lowest BCUT2D eigenvalue weighted by Gasteiger charge is -2.19. The van der Waals surface area contributed by atoms with Crippen molar-refractivity contribution < 1.29 is 14.3 Å². The Hall–Kier alpha value is -1.46. The zero-order chi connectivity index (χ0) is 17.5. The second kappa shape index (κ2) is 8.99. The molecule has 5 nitrogen and oxygen atoms in total. The third kappa shape index (κ3) is 8.67. The third-order valence-corrected chi connectivity index (χ3v) is 3.34. The van der Waals surface area contributed by atoms with Crippen molar-refractivity contribution in [2.75, 3.05) is 13.1 Å². The zero-order valence-electron chi connectivity index (χ0n) is 13.5. The molecule has 0 spiro atoms. The van der Waals surface area contributed by atoms with Crippen molar-refractivity contribution in [1.29, 1.82) is 0 Å². The lowest BCUT2D eigenvalue weighted by Crippen LogP contribution is -2.35. The molecule has 2 N–H and O–H groups in total. The van der Waals surface area contributed by atoms with Crippen LogP contribution in [0, 0.1) is 0 Å². The van der Waals surface area contributed by atoms with Gasteiger partial charge in [0.2, 0.25) is 5.91 Å². The third-order valence-electron chi connectivity index (χ3n) is 2.75. The predicted molar refractivity (Wildman–Crippen MR) is 92.0 cm³/mol. The van der Waals surface area contributed by atoms with E-state index in [9.17, 15) is 9.59 Å². The van der Waals surface area contributed by atoms with Crippen LogP contribution in [0.4, 0.5) is 4.79 Å². The molecule has 0 radical (unpaired) electrons. The van der Waals surface area contributed by atoms with Crippen LogP contribution in [-0.2, 0) is 16.0 Å². The van der Waals surface area contributed by atoms with Crippen LogP contribution in [0.1, 0.15) is 32.8 Å². The molecule has 7 heteroatoms. The van der Waals surface area contributed by atoms with Crippen LogP contribution in [0.25, 0.3) is 0 Å². The fourth-order valence-corrected chi connectivity index (χ4v) is 2.24. The smallest absolute Gasteiger partial charge is 0.407 e. The molecular formula is C16H22Cl2N2O3. The second-order valence-corrected chi connectivity index (χ2v) is 6.86. The molecule has 0 atom stereocenters. The Bertz CT molecular complexity index is 557. The van der Waals surface area contributed by atoms with Gasteiger partial charge in [-0.05, 0) is 44.9 Å². The molecule has 1 aromatic rings. The molecule has 0 aliphatic carbocycles. The molecule has 0 unspecified atom stereocenters. The van der Waals surface area contributed by atoms with Crippen molar-refractivity contribution in [2.24, 2.45) is 0 Å². The Kier molecular flexibility index (Phi) is 7.65. The van der Waals surface area contributed by atoms with Gasteiger partial charge < -0.3 is 15.4 Å². The van der Waals surface area contributed by atoms with Gasteiger partial charge in [-0.1, -0.05) is 29.3 Å². The van der Waals surface area contributed by atoms with E-state index in [1.165, 1.54) is 0 Å². The molecule has 1 rings (SSSR count). The minimum absolute atomic E-state index is 0.147. The first kappa shape index (κ1) is 19.6. The number of halogens is 2. The Balaban J connectivity index is 2.21. The average Bonchev–Trinajstić information content (AvgIpc) is 2.39. The van der Waals surface area contributed by atoms with Gasteiger partial charge in [0, 0.05) is 29.6 Å². The van der Waals surface area contributed by atoms with Crippen molar-refractivity contribution in [1.82, 2.24) is 10.6 Å². The Labute approximate surface area is 146 Å². The van der Waals surface area contributed by atoms with Crippen molar-refractivity contribution in [3.8, 4) is 0 Å². The Morgan fingerprint density at radius 3 is 2.43 bits per heavy atom. The van der Waals surface area contributed by atoms with Gasteiger partial charge in [-0.25, -0.2) is 4.79 Å². The van der Waals surface area contributed by atoms with Crippen molar-refractivity contribution in [3.05, 3.63) is 33.8 Å². The number of rotatable bonds is 6. The highest BCUT2D eigenvalue weighted by atomic mass is 35.5. The Morgan fingerprint density at radius 1 is 1.13 bits per heavy atom. The highest BCUT2D eigenvalue weighted by molar-refractivity contribution is 6.35. The maximum absolute atomic E-state index is 11.7. The van der Waals surface area contributed by atoms with Crippen LogP contribution >= 0.6 is 23.2 Å². The SMILES string of the molecule is CC(C)(C)OC(=O)NCCC(=O)NCCc1ccc(Cl)cc1Cl. The summed E-state index contributed by atoms with van der Waals surface area (Å²) in [6, 6.07) is 5.27. The van der Waals surface area contributed by atoms with E-state index >= 15 is 0 Å². The Morgan fingerprint density at radius 2 is 1.83 bits per heavy atom. The molecule has 0 fully saturated rings. The summed E-state index contributed by atoms with van der Waals surface area (Å²) < 4.78 is 5.07. The van der Waals surface area contributed by atoms with E-state index < -0.39 is 11.7 Å². The molecule has 128 valence electrons. The fraction of sp³-hybridized carbons (Fsp3) is 0.500. The summed E-state index contributed by atoms with van der Waals surface area (Å²) in [6.45, 7) is 6.03. The standard InChI is InChI=1S/C16H22Cl2N2O3/c1-16(2,3)23-15(22)20-9-7-14(21)19-8-6-11-4-5-12(17)10-13(11)18/h4-5,10H,6-9H2,1-3H3,(H,19,21)(H,20,22). The van der Waals surface area contributed by atoms with E-state index in [2.05, 4.69) is 10.6 Å². The molecule has 0 heterocycles. The van der Waals surface area contributed by atoms with E-state index in [0.29, 0.717) is 23.0 Å². The lowest BCUT2D eigenvalue weighted by atomic mass is 10.1. The van der Waals surface area contributed by atoms with E-state index in [1.807, 2.05) is 6.07 Å². The molecule has 0 aliphatic heterocycles. The predicted octanol–water partition coefficient (Wildman–Crippen LogP) is 3.57. The highest BCUT2D eigenvalue weighted by Gasteiger charge is 2.15. The summed E-state index contributed by atoms with van der Waals surface area (Å²) in [4.78, 5) is 23.1. The van der Waals surface area contributed by atoms with Gasteiger partial charge in [-0.2, -0.15) is 0 Å². The van der Waals surface area contributed by atoms with E-state index in [0.717, 1.165) is 5.56 Å². The maximum atomic E-state index is 11.7. The number of hydrogen-bond acceptors (Lipinski definition) is 3. The van der Waals surface area contributed by atoms with Gasteiger partial charge in [-0.3, -0.25) is 4.79 Å². The number of alkyl carbamates (subject to hydrolysis) is 1. The first-order valence-corrected chi connectivity index (χ1v) is 8.10. The topological polar surface area (TPSA) is 67.4 Å². The molecule has 0 saturated heterocycles. The summed E-state index contributed by atoms with van der Waals surface area (Å²) in [5.41, 5.74) is 0.368. The van der Waals surface area contributed by atoms with Crippen LogP contribution < -0.4 is 10.6 Å². The van der Waals surface area contributed by atoms with Gasteiger partial charge in [-0.15, -0.1) is 0 Å². The molecule has 2 amide bonds. The number of carbonyl (C=O) groups is 2. The monoisotopic (exact) mass is 360 g/mol. The summed E-state index contributed by atoms with van der Waals surface area (Å²) >= 11 is 11.9. The quantitative estimate of drug-likeness (QED) is 0.814. The van der Waals surface area contributed by atoms with Gasteiger partial charge in [0.1, 0.15) is 5.60 Å². The zero-order valence-corrected chi connectivity index (χ0v) is 15.1. The fourth-order valence-electron chi connectivity index (χ4n) is 1.74. The summed E-state index contributed by atoms with van der Waals surface area (Å²) in [5, 5.41) is 6.47. The van der Waals surface area contributed by atoms with Crippen molar-refractivity contribution in [3.63, 3.8) is 0 Å². The average molecular weight is 361 g/mol. The number of hydrogen-bond donors (Lipinski definition) is 2. The van der Waals surface area contributed by atoms with E-state index in [1.54, 1.807) is 32.9 Å². The van der Waals surface area contributed by atoms with Gasteiger partial charge >= 0.3 is 6.09 Å². The summed E-state index contributed by atoms with van der Waals surface area (Å²) in [7, 11) is 0. The maximum Gasteiger partial charge on any atom is 0.407 e. The molecule has 0 bridgehead atoms. The minimum atomic E-state index is -0.551. The number of ether oxygens (including phenoxy) is 1. The van der Waals surface area contributed by atoms with Gasteiger partial charge in [0.15, 0.2) is 0 Å². The largest absolute Gasteiger partial charge is 0.444 e. The van der Waals surface area contributed by atoms with E-state index in [4.69, 9.17) is 27.9 Å².